The molecule has 1 N–H and O–H groups in total. The van der Waals surface area contributed by atoms with Crippen LogP contribution in [0.15, 0.2) is 54.9 Å². The highest BCUT2D eigenvalue weighted by Gasteiger charge is 2.10. The minimum atomic E-state index is 0.397. The summed E-state index contributed by atoms with van der Waals surface area (Å²) in [5.41, 5.74) is 2.68. The van der Waals surface area contributed by atoms with Gasteiger partial charge in [-0.2, -0.15) is 0 Å². The average Bonchev–Trinajstić information content (AvgIpc) is 2.49. The van der Waals surface area contributed by atoms with Gasteiger partial charge in [-0.25, -0.2) is 0 Å². The summed E-state index contributed by atoms with van der Waals surface area (Å²) in [6.07, 6.45) is 7.16. The highest BCUT2D eigenvalue weighted by Crippen LogP contribution is 2.18. The van der Waals surface area contributed by atoms with E-state index in [-0.39, 0.29) is 0 Å². The number of hydrogen-bond donors (Lipinski definition) is 1. The van der Waals surface area contributed by atoms with E-state index in [1.807, 2.05) is 18.5 Å². The fourth-order valence-electron chi connectivity index (χ4n) is 2.24. The van der Waals surface area contributed by atoms with Gasteiger partial charge in [-0.15, -0.1) is 0 Å². The van der Waals surface area contributed by atoms with Crippen molar-refractivity contribution in [2.24, 2.45) is 0 Å². The second-order valence-electron chi connectivity index (χ2n) is 4.82. The van der Waals surface area contributed by atoms with Gasteiger partial charge in [0.1, 0.15) is 0 Å². The van der Waals surface area contributed by atoms with E-state index in [1.54, 1.807) is 0 Å². The van der Waals surface area contributed by atoms with Crippen molar-refractivity contribution in [3.8, 4) is 0 Å². The smallest absolute Gasteiger partial charge is 0.0338 e. The zero-order chi connectivity index (χ0) is 13.3. The van der Waals surface area contributed by atoms with Crippen molar-refractivity contribution in [3.63, 3.8) is 0 Å². The van der Waals surface area contributed by atoms with Crippen LogP contribution in [0, 0.1) is 0 Å². The van der Waals surface area contributed by atoms with E-state index in [0.717, 1.165) is 25.8 Å². The molecule has 100 valence electrons. The Labute approximate surface area is 115 Å². The molecule has 2 nitrogen and oxygen atoms in total. The third-order valence-corrected chi connectivity index (χ3v) is 3.29. The molecule has 0 radical (unpaired) electrons. The van der Waals surface area contributed by atoms with Crippen LogP contribution in [0.3, 0.4) is 0 Å². The monoisotopic (exact) mass is 254 g/mol. The summed E-state index contributed by atoms with van der Waals surface area (Å²) in [5, 5.41) is 3.62. The van der Waals surface area contributed by atoms with Gasteiger partial charge in [0.05, 0.1) is 0 Å². The molecule has 2 aromatic rings. The molecule has 0 aliphatic heterocycles. The number of rotatable bonds is 7. The molecule has 2 rings (SSSR count). The quantitative estimate of drug-likeness (QED) is 0.814. The van der Waals surface area contributed by atoms with E-state index in [1.165, 1.54) is 11.1 Å². The van der Waals surface area contributed by atoms with Crippen molar-refractivity contribution in [2.75, 3.05) is 6.54 Å². The van der Waals surface area contributed by atoms with Gasteiger partial charge in [0.25, 0.3) is 0 Å². The van der Waals surface area contributed by atoms with Crippen LogP contribution in [0.1, 0.15) is 36.9 Å². The van der Waals surface area contributed by atoms with E-state index in [9.17, 15) is 0 Å². The molecule has 0 bridgehead atoms. The molecule has 1 unspecified atom stereocenters. The van der Waals surface area contributed by atoms with E-state index < -0.39 is 0 Å². The van der Waals surface area contributed by atoms with Crippen LogP contribution in [0.4, 0.5) is 0 Å². The minimum Gasteiger partial charge on any atom is -0.310 e. The van der Waals surface area contributed by atoms with Crippen molar-refractivity contribution in [3.05, 3.63) is 66.0 Å². The fourth-order valence-corrected chi connectivity index (χ4v) is 2.24. The van der Waals surface area contributed by atoms with Crippen molar-refractivity contribution < 1.29 is 0 Å². The molecule has 0 amide bonds. The Bertz CT molecular complexity index is 453. The molecular weight excluding hydrogens is 232 g/mol. The summed E-state index contributed by atoms with van der Waals surface area (Å²) in [4.78, 5) is 4.23. The number of hydrogen-bond acceptors (Lipinski definition) is 2. The van der Waals surface area contributed by atoms with Crippen LogP contribution >= 0.6 is 0 Å². The number of aryl methyl sites for hydroxylation is 1. The van der Waals surface area contributed by atoms with Crippen LogP contribution in [-0.2, 0) is 6.42 Å². The van der Waals surface area contributed by atoms with Crippen LogP contribution in [0.2, 0.25) is 0 Å². The third-order valence-electron chi connectivity index (χ3n) is 3.29. The van der Waals surface area contributed by atoms with Crippen molar-refractivity contribution in [2.45, 2.75) is 32.2 Å². The second-order valence-corrected chi connectivity index (χ2v) is 4.82. The maximum absolute atomic E-state index is 4.23. The van der Waals surface area contributed by atoms with Gasteiger partial charge in [-0.05, 0) is 43.0 Å². The predicted octanol–water partition coefficient (Wildman–Crippen LogP) is 3.76. The molecule has 0 aliphatic carbocycles. The molecule has 1 heterocycles. The first-order valence-corrected chi connectivity index (χ1v) is 7.07. The van der Waals surface area contributed by atoms with Gasteiger partial charge in [0.15, 0.2) is 0 Å². The molecule has 0 fully saturated rings. The Balaban J connectivity index is 1.98. The third kappa shape index (κ3) is 4.49. The lowest BCUT2D eigenvalue weighted by Crippen LogP contribution is -2.22. The van der Waals surface area contributed by atoms with E-state index >= 15 is 0 Å². The Hall–Kier alpha value is -1.67. The normalized spacial score (nSPS) is 12.3. The molecule has 19 heavy (non-hydrogen) atoms. The van der Waals surface area contributed by atoms with Crippen LogP contribution in [-0.4, -0.2) is 11.5 Å². The zero-order valence-electron chi connectivity index (χ0n) is 11.5. The maximum atomic E-state index is 4.23. The lowest BCUT2D eigenvalue weighted by Gasteiger charge is -2.18. The highest BCUT2D eigenvalue weighted by atomic mass is 14.9. The standard InChI is InChI=1S/C17H22N2/c1-2-12-19-17(16-9-6-13-18-14-16)11-10-15-7-4-3-5-8-15/h3-9,13-14,17,19H,2,10-12H2,1H3. The molecule has 0 saturated heterocycles. The van der Waals surface area contributed by atoms with Gasteiger partial charge < -0.3 is 5.32 Å². The summed E-state index contributed by atoms with van der Waals surface area (Å²) >= 11 is 0. The Morgan fingerprint density at radius 3 is 2.63 bits per heavy atom. The highest BCUT2D eigenvalue weighted by molar-refractivity contribution is 5.17. The molecule has 0 aliphatic rings. The predicted molar refractivity (Wildman–Crippen MR) is 80.0 cm³/mol. The van der Waals surface area contributed by atoms with Gasteiger partial charge in [0.2, 0.25) is 0 Å². The lowest BCUT2D eigenvalue weighted by atomic mass is 10.00. The lowest BCUT2D eigenvalue weighted by molar-refractivity contribution is 0.498. The van der Waals surface area contributed by atoms with E-state index in [4.69, 9.17) is 0 Å². The Kier molecular flexibility index (Phi) is 5.57. The van der Waals surface area contributed by atoms with Crippen LogP contribution in [0.5, 0.6) is 0 Å². The number of benzene rings is 1. The molecule has 1 aromatic heterocycles. The summed E-state index contributed by atoms with van der Waals surface area (Å²) in [6, 6.07) is 15.2. The molecular formula is C17H22N2. The molecule has 0 spiro atoms. The summed E-state index contributed by atoms with van der Waals surface area (Å²) in [6.45, 7) is 3.25. The summed E-state index contributed by atoms with van der Waals surface area (Å²) < 4.78 is 0. The number of pyridine rings is 1. The topological polar surface area (TPSA) is 24.9 Å². The SMILES string of the molecule is CCCNC(CCc1ccccc1)c1cccnc1. The zero-order valence-corrected chi connectivity index (χ0v) is 11.5. The Morgan fingerprint density at radius 2 is 1.95 bits per heavy atom. The first-order valence-electron chi connectivity index (χ1n) is 7.07. The Morgan fingerprint density at radius 1 is 1.11 bits per heavy atom. The van der Waals surface area contributed by atoms with Gasteiger partial charge in [-0.3, -0.25) is 4.98 Å². The number of nitrogens with zero attached hydrogens (tertiary/aromatic N) is 1. The van der Waals surface area contributed by atoms with Gasteiger partial charge >= 0.3 is 0 Å². The molecule has 2 heteroatoms. The van der Waals surface area contributed by atoms with Gasteiger partial charge in [-0.1, -0.05) is 43.3 Å². The van der Waals surface area contributed by atoms with E-state index in [2.05, 4.69) is 53.6 Å². The molecule has 1 aromatic carbocycles. The first kappa shape index (κ1) is 13.8. The molecule has 0 saturated carbocycles. The first-order chi connectivity index (χ1) is 9.40. The number of aromatic nitrogens is 1. The van der Waals surface area contributed by atoms with E-state index in [0.29, 0.717) is 6.04 Å². The van der Waals surface area contributed by atoms with Crippen molar-refractivity contribution in [1.82, 2.24) is 10.3 Å². The van der Waals surface area contributed by atoms with Gasteiger partial charge in [0, 0.05) is 18.4 Å². The largest absolute Gasteiger partial charge is 0.310 e. The number of nitrogens with one attached hydrogen (secondary N) is 1. The van der Waals surface area contributed by atoms with Crippen molar-refractivity contribution >= 4 is 0 Å². The average molecular weight is 254 g/mol. The van der Waals surface area contributed by atoms with Crippen molar-refractivity contribution in [1.29, 1.82) is 0 Å². The summed E-state index contributed by atoms with van der Waals surface area (Å²) in [7, 11) is 0. The summed E-state index contributed by atoms with van der Waals surface area (Å²) in [5.74, 6) is 0. The van der Waals surface area contributed by atoms with Crippen LogP contribution in [0.25, 0.3) is 0 Å². The fraction of sp³-hybridized carbons (Fsp3) is 0.353. The second kappa shape index (κ2) is 7.70. The maximum Gasteiger partial charge on any atom is 0.0338 e. The minimum absolute atomic E-state index is 0.397. The van der Waals surface area contributed by atoms with Crippen LogP contribution < -0.4 is 5.32 Å². The molecule has 1 atom stereocenters.